The van der Waals surface area contributed by atoms with E-state index in [9.17, 15) is 0 Å². The van der Waals surface area contributed by atoms with Gasteiger partial charge in [0.15, 0.2) is 0 Å². The molecule has 0 radical (unpaired) electrons. The molecule has 3 unspecified atom stereocenters. The molecule has 2 saturated carbocycles. The van der Waals surface area contributed by atoms with Crippen molar-refractivity contribution in [2.45, 2.75) is 84.6 Å². The molecular weight excluding hydrogens is 218 g/mol. The summed E-state index contributed by atoms with van der Waals surface area (Å²) in [5.74, 6) is 2.00. The Balaban J connectivity index is 1.63. The summed E-state index contributed by atoms with van der Waals surface area (Å²) in [6, 6.07) is 0.801. The highest BCUT2D eigenvalue weighted by Crippen LogP contribution is 2.35. The molecular formula is C17H33N. The van der Waals surface area contributed by atoms with Crippen molar-refractivity contribution in [3.8, 4) is 0 Å². The topological polar surface area (TPSA) is 12.0 Å². The molecule has 0 aromatic heterocycles. The van der Waals surface area contributed by atoms with Crippen LogP contribution in [-0.2, 0) is 0 Å². The molecule has 0 spiro atoms. The predicted molar refractivity (Wildman–Crippen MR) is 79.8 cm³/mol. The number of rotatable bonds is 4. The van der Waals surface area contributed by atoms with Crippen LogP contribution >= 0.6 is 0 Å². The van der Waals surface area contributed by atoms with E-state index >= 15 is 0 Å². The van der Waals surface area contributed by atoms with Crippen molar-refractivity contribution in [3.63, 3.8) is 0 Å². The SMILES string of the molecule is CC1CCCC(CCNC2CCCC(C)(C)C2)C1. The van der Waals surface area contributed by atoms with E-state index in [4.69, 9.17) is 0 Å². The number of nitrogens with one attached hydrogen (secondary N) is 1. The molecule has 3 atom stereocenters. The van der Waals surface area contributed by atoms with E-state index in [2.05, 4.69) is 26.1 Å². The normalized spacial score (nSPS) is 36.5. The highest BCUT2D eigenvalue weighted by Gasteiger charge is 2.27. The van der Waals surface area contributed by atoms with E-state index < -0.39 is 0 Å². The Labute approximate surface area is 114 Å². The Morgan fingerprint density at radius 3 is 2.67 bits per heavy atom. The summed E-state index contributed by atoms with van der Waals surface area (Å²) >= 11 is 0. The lowest BCUT2D eigenvalue weighted by Gasteiger charge is -2.36. The summed E-state index contributed by atoms with van der Waals surface area (Å²) < 4.78 is 0. The molecule has 1 heteroatoms. The zero-order valence-electron chi connectivity index (χ0n) is 12.8. The minimum absolute atomic E-state index is 0.579. The number of hydrogen-bond acceptors (Lipinski definition) is 1. The van der Waals surface area contributed by atoms with Crippen LogP contribution in [0.2, 0.25) is 0 Å². The fraction of sp³-hybridized carbons (Fsp3) is 1.00. The molecule has 0 heterocycles. The average molecular weight is 251 g/mol. The van der Waals surface area contributed by atoms with E-state index in [1.807, 2.05) is 0 Å². The van der Waals surface area contributed by atoms with Crippen molar-refractivity contribution in [2.24, 2.45) is 17.3 Å². The molecule has 0 aliphatic heterocycles. The number of hydrogen-bond donors (Lipinski definition) is 1. The van der Waals surface area contributed by atoms with Crippen LogP contribution in [0.5, 0.6) is 0 Å². The molecule has 0 amide bonds. The zero-order valence-corrected chi connectivity index (χ0v) is 12.8. The lowest BCUT2D eigenvalue weighted by molar-refractivity contribution is 0.193. The summed E-state index contributed by atoms with van der Waals surface area (Å²) in [5, 5.41) is 3.84. The monoisotopic (exact) mass is 251 g/mol. The predicted octanol–water partition coefficient (Wildman–Crippen LogP) is 4.76. The lowest BCUT2D eigenvalue weighted by Crippen LogP contribution is -2.38. The van der Waals surface area contributed by atoms with Gasteiger partial charge in [-0.05, 0) is 55.9 Å². The first-order valence-corrected chi connectivity index (χ1v) is 8.28. The summed E-state index contributed by atoms with van der Waals surface area (Å²) in [4.78, 5) is 0. The van der Waals surface area contributed by atoms with Gasteiger partial charge in [0.2, 0.25) is 0 Å². The van der Waals surface area contributed by atoms with Gasteiger partial charge in [0.25, 0.3) is 0 Å². The van der Waals surface area contributed by atoms with Crippen molar-refractivity contribution in [1.29, 1.82) is 0 Å². The minimum Gasteiger partial charge on any atom is -0.314 e. The first kappa shape index (κ1) is 14.4. The minimum atomic E-state index is 0.579. The van der Waals surface area contributed by atoms with Crippen molar-refractivity contribution in [3.05, 3.63) is 0 Å². The Morgan fingerprint density at radius 2 is 1.94 bits per heavy atom. The molecule has 2 rings (SSSR count). The molecule has 18 heavy (non-hydrogen) atoms. The third-order valence-electron chi connectivity index (χ3n) is 5.24. The smallest absolute Gasteiger partial charge is 0.00721 e. The summed E-state index contributed by atoms with van der Waals surface area (Å²) in [6.45, 7) is 8.56. The van der Waals surface area contributed by atoms with Crippen molar-refractivity contribution >= 4 is 0 Å². The molecule has 2 fully saturated rings. The summed E-state index contributed by atoms with van der Waals surface area (Å²) in [5.41, 5.74) is 0.579. The third kappa shape index (κ3) is 4.57. The van der Waals surface area contributed by atoms with Gasteiger partial charge in [-0.15, -0.1) is 0 Å². The molecule has 0 saturated heterocycles. The van der Waals surface area contributed by atoms with Gasteiger partial charge in [-0.3, -0.25) is 0 Å². The second-order valence-electron chi connectivity index (χ2n) is 7.84. The van der Waals surface area contributed by atoms with Gasteiger partial charge in [0, 0.05) is 6.04 Å². The highest BCUT2D eigenvalue weighted by atomic mass is 14.9. The Hall–Kier alpha value is -0.0400. The quantitative estimate of drug-likeness (QED) is 0.759. The van der Waals surface area contributed by atoms with Crippen molar-refractivity contribution < 1.29 is 0 Å². The Bertz CT molecular complexity index is 246. The van der Waals surface area contributed by atoms with E-state index in [1.165, 1.54) is 64.3 Å². The third-order valence-corrected chi connectivity index (χ3v) is 5.24. The molecule has 2 aliphatic rings. The van der Waals surface area contributed by atoms with E-state index in [1.54, 1.807) is 0 Å². The van der Waals surface area contributed by atoms with Crippen LogP contribution < -0.4 is 5.32 Å². The molecule has 0 bridgehead atoms. The van der Waals surface area contributed by atoms with Crippen LogP contribution in [0.15, 0.2) is 0 Å². The fourth-order valence-electron chi connectivity index (χ4n) is 4.19. The van der Waals surface area contributed by atoms with E-state index in [0.717, 1.165) is 17.9 Å². The highest BCUT2D eigenvalue weighted by molar-refractivity contribution is 4.83. The van der Waals surface area contributed by atoms with Gasteiger partial charge in [-0.1, -0.05) is 46.5 Å². The van der Waals surface area contributed by atoms with E-state index in [-0.39, 0.29) is 0 Å². The van der Waals surface area contributed by atoms with Gasteiger partial charge in [0.05, 0.1) is 0 Å². The van der Waals surface area contributed by atoms with Gasteiger partial charge in [-0.25, -0.2) is 0 Å². The second-order valence-corrected chi connectivity index (χ2v) is 7.84. The molecule has 1 nitrogen and oxygen atoms in total. The molecule has 2 aliphatic carbocycles. The van der Waals surface area contributed by atoms with Crippen molar-refractivity contribution in [2.75, 3.05) is 6.54 Å². The van der Waals surface area contributed by atoms with Gasteiger partial charge >= 0.3 is 0 Å². The zero-order chi connectivity index (χ0) is 13.0. The first-order valence-electron chi connectivity index (χ1n) is 8.28. The molecule has 0 aromatic carbocycles. The molecule has 106 valence electrons. The average Bonchev–Trinajstić information content (AvgIpc) is 2.28. The maximum absolute atomic E-state index is 3.84. The van der Waals surface area contributed by atoms with Crippen LogP contribution in [0.1, 0.15) is 78.6 Å². The summed E-state index contributed by atoms with van der Waals surface area (Å²) in [6.07, 6.45) is 13.0. The van der Waals surface area contributed by atoms with Gasteiger partial charge in [0.1, 0.15) is 0 Å². The second kappa shape index (κ2) is 6.41. The maximum atomic E-state index is 3.84. The van der Waals surface area contributed by atoms with Crippen LogP contribution in [0.3, 0.4) is 0 Å². The van der Waals surface area contributed by atoms with Crippen molar-refractivity contribution in [1.82, 2.24) is 5.32 Å². The maximum Gasteiger partial charge on any atom is 0.00721 e. The van der Waals surface area contributed by atoms with Crippen LogP contribution in [0.4, 0.5) is 0 Å². The van der Waals surface area contributed by atoms with Crippen LogP contribution in [0, 0.1) is 17.3 Å². The van der Waals surface area contributed by atoms with E-state index in [0.29, 0.717) is 5.41 Å². The van der Waals surface area contributed by atoms with Crippen LogP contribution in [0.25, 0.3) is 0 Å². The first-order chi connectivity index (χ1) is 8.55. The van der Waals surface area contributed by atoms with Gasteiger partial charge < -0.3 is 5.32 Å². The largest absolute Gasteiger partial charge is 0.314 e. The fourth-order valence-corrected chi connectivity index (χ4v) is 4.19. The Kier molecular flexibility index (Phi) is 5.12. The van der Waals surface area contributed by atoms with Gasteiger partial charge in [-0.2, -0.15) is 0 Å². The molecule has 1 N–H and O–H groups in total. The standard InChI is InChI=1S/C17H33N/c1-14-6-4-7-15(12-14)9-11-18-16-8-5-10-17(2,3)13-16/h14-16,18H,4-13H2,1-3H3. The van der Waals surface area contributed by atoms with Crippen LogP contribution in [-0.4, -0.2) is 12.6 Å². The lowest BCUT2D eigenvalue weighted by atomic mass is 9.75. The Morgan fingerprint density at radius 1 is 1.11 bits per heavy atom. The summed E-state index contributed by atoms with van der Waals surface area (Å²) in [7, 11) is 0. The molecule has 0 aromatic rings.